The molecule has 0 aromatic carbocycles. The maximum Gasteiger partial charge on any atom is 0.306 e. The molecule has 0 saturated heterocycles. The van der Waals surface area contributed by atoms with Gasteiger partial charge in [0.05, 0.1) is 19.6 Å². The van der Waals surface area contributed by atoms with Crippen molar-refractivity contribution in [2.75, 3.05) is 13.2 Å². The van der Waals surface area contributed by atoms with Crippen LogP contribution in [-0.2, 0) is 19.1 Å². The fraction of sp³-hybridized carbons (Fsp3) is 0.625. The van der Waals surface area contributed by atoms with Crippen LogP contribution in [0.3, 0.4) is 0 Å². The average Bonchev–Trinajstić information content (AvgIpc) is 2.12. The Kier molecular flexibility index (Phi) is 6.09. The molecule has 0 atom stereocenters. The van der Waals surface area contributed by atoms with Crippen LogP contribution in [0.4, 0.5) is 0 Å². The summed E-state index contributed by atoms with van der Waals surface area (Å²) in [6, 6.07) is 0. The van der Waals surface area contributed by atoms with E-state index in [1.807, 2.05) is 0 Å². The predicted molar refractivity (Wildman–Crippen MR) is 48.1 cm³/mol. The lowest BCUT2D eigenvalue weighted by molar-refractivity contribution is -0.144. The molecule has 0 radical (unpaired) electrons. The number of ether oxygens (including phenoxy) is 1. The van der Waals surface area contributed by atoms with Crippen molar-refractivity contribution in [2.24, 2.45) is 5.73 Å². The number of hydrogen-bond acceptors (Lipinski definition) is 4. The Balaban J connectivity index is 3.53. The molecular formula is C8H14N2O4. The largest absolute Gasteiger partial charge is 0.466 e. The van der Waals surface area contributed by atoms with Crippen LogP contribution >= 0.6 is 0 Å². The lowest BCUT2D eigenvalue weighted by atomic mass is 10.3. The van der Waals surface area contributed by atoms with Gasteiger partial charge in [0.2, 0.25) is 11.8 Å². The fourth-order valence-electron chi connectivity index (χ4n) is 0.723. The average molecular weight is 202 g/mol. The first-order valence-electron chi connectivity index (χ1n) is 4.27. The third kappa shape index (κ3) is 7.08. The third-order valence-corrected chi connectivity index (χ3v) is 1.32. The van der Waals surface area contributed by atoms with Crippen molar-refractivity contribution in [1.29, 1.82) is 0 Å². The molecule has 0 unspecified atom stereocenters. The highest BCUT2D eigenvalue weighted by Gasteiger charge is 2.07. The second-order valence-electron chi connectivity index (χ2n) is 2.55. The van der Waals surface area contributed by atoms with Crippen LogP contribution in [0.2, 0.25) is 0 Å². The van der Waals surface area contributed by atoms with Crippen molar-refractivity contribution in [3.63, 3.8) is 0 Å². The minimum atomic E-state index is -0.616. The Bertz CT molecular complexity index is 227. The van der Waals surface area contributed by atoms with E-state index in [1.165, 1.54) is 0 Å². The van der Waals surface area contributed by atoms with Gasteiger partial charge in [-0.3, -0.25) is 14.4 Å². The van der Waals surface area contributed by atoms with Gasteiger partial charge >= 0.3 is 5.97 Å². The summed E-state index contributed by atoms with van der Waals surface area (Å²) in [6.07, 6.45) is 0.0184. The van der Waals surface area contributed by atoms with Gasteiger partial charge in [0, 0.05) is 6.42 Å². The van der Waals surface area contributed by atoms with E-state index in [9.17, 15) is 14.4 Å². The summed E-state index contributed by atoms with van der Waals surface area (Å²) in [4.78, 5) is 32.0. The summed E-state index contributed by atoms with van der Waals surface area (Å²) in [6.45, 7) is 1.77. The van der Waals surface area contributed by atoms with Crippen molar-refractivity contribution in [2.45, 2.75) is 19.8 Å². The molecule has 80 valence electrons. The summed E-state index contributed by atoms with van der Waals surface area (Å²) >= 11 is 0. The van der Waals surface area contributed by atoms with Gasteiger partial charge in [0.1, 0.15) is 0 Å². The Morgan fingerprint density at radius 2 is 1.93 bits per heavy atom. The molecule has 0 saturated carbocycles. The van der Waals surface area contributed by atoms with E-state index >= 15 is 0 Å². The molecule has 0 heterocycles. The third-order valence-electron chi connectivity index (χ3n) is 1.32. The first kappa shape index (κ1) is 12.4. The molecule has 6 nitrogen and oxygen atoms in total. The number of esters is 1. The monoisotopic (exact) mass is 202 g/mol. The first-order valence-corrected chi connectivity index (χ1v) is 4.27. The minimum Gasteiger partial charge on any atom is -0.466 e. The maximum absolute atomic E-state index is 10.9. The molecule has 0 rings (SSSR count). The van der Waals surface area contributed by atoms with Gasteiger partial charge in [-0.1, -0.05) is 0 Å². The molecule has 0 bridgehead atoms. The van der Waals surface area contributed by atoms with Gasteiger partial charge in [0.15, 0.2) is 0 Å². The highest BCUT2D eigenvalue weighted by molar-refractivity contribution is 5.85. The van der Waals surface area contributed by atoms with Gasteiger partial charge in [-0.25, -0.2) is 0 Å². The van der Waals surface area contributed by atoms with Crippen LogP contribution in [0.15, 0.2) is 0 Å². The van der Waals surface area contributed by atoms with Crippen LogP contribution in [0.1, 0.15) is 19.8 Å². The number of nitrogens with two attached hydrogens (primary N) is 1. The van der Waals surface area contributed by atoms with Crippen LogP contribution in [0.5, 0.6) is 0 Å². The van der Waals surface area contributed by atoms with E-state index in [-0.39, 0.29) is 19.4 Å². The SMILES string of the molecule is CCOC(=O)CCC(=O)NCC(N)=O. The van der Waals surface area contributed by atoms with Crippen molar-refractivity contribution in [3.05, 3.63) is 0 Å². The Hall–Kier alpha value is -1.59. The van der Waals surface area contributed by atoms with Gasteiger partial charge in [0.25, 0.3) is 0 Å². The molecule has 0 aromatic heterocycles. The van der Waals surface area contributed by atoms with Gasteiger partial charge < -0.3 is 15.8 Å². The lowest BCUT2D eigenvalue weighted by Crippen LogP contribution is -2.33. The molecule has 0 aromatic rings. The number of carbonyl (C=O) groups is 3. The van der Waals surface area contributed by atoms with E-state index in [1.54, 1.807) is 6.92 Å². The summed E-state index contributed by atoms with van der Waals surface area (Å²) < 4.78 is 4.61. The van der Waals surface area contributed by atoms with Gasteiger partial charge in [-0.15, -0.1) is 0 Å². The Morgan fingerprint density at radius 3 is 2.43 bits per heavy atom. The summed E-state index contributed by atoms with van der Waals surface area (Å²) in [7, 11) is 0. The first-order chi connectivity index (χ1) is 6.56. The van der Waals surface area contributed by atoms with Crippen LogP contribution in [-0.4, -0.2) is 30.9 Å². The zero-order valence-electron chi connectivity index (χ0n) is 8.04. The molecule has 0 fully saturated rings. The Labute approximate surface area is 81.8 Å². The van der Waals surface area contributed by atoms with Crippen molar-refractivity contribution in [3.8, 4) is 0 Å². The molecule has 0 aliphatic rings. The maximum atomic E-state index is 10.9. The number of primary amides is 1. The standard InChI is InChI=1S/C8H14N2O4/c1-2-14-8(13)4-3-7(12)10-5-6(9)11/h2-5H2,1H3,(H2,9,11)(H,10,12). The molecule has 2 amide bonds. The number of nitrogens with one attached hydrogen (secondary N) is 1. The minimum absolute atomic E-state index is 0.00606. The van der Waals surface area contributed by atoms with E-state index < -0.39 is 17.8 Å². The zero-order chi connectivity index (χ0) is 11.0. The molecule has 0 aliphatic heterocycles. The lowest BCUT2D eigenvalue weighted by Gasteiger charge is -2.02. The fourth-order valence-corrected chi connectivity index (χ4v) is 0.723. The second kappa shape index (κ2) is 6.88. The predicted octanol–water partition coefficient (Wildman–Crippen LogP) is -1.07. The number of hydrogen-bond donors (Lipinski definition) is 2. The molecular weight excluding hydrogens is 188 g/mol. The summed E-state index contributed by atoms with van der Waals surface area (Å²) in [5, 5.41) is 2.26. The van der Waals surface area contributed by atoms with Crippen LogP contribution in [0.25, 0.3) is 0 Å². The Morgan fingerprint density at radius 1 is 1.29 bits per heavy atom. The highest BCUT2D eigenvalue weighted by atomic mass is 16.5. The normalized spacial score (nSPS) is 9.21. The van der Waals surface area contributed by atoms with E-state index in [0.29, 0.717) is 6.61 Å². The number of carbonyl (C=O) groups excluding carboxylic acids is 3. The number of rotatable bonds is 6. The topological polar surface area (TPSA) is 98.5 Å². The quantitative estimate of drug-likeness (QED) is 0.536. The smallest absolute Gasteiger partial charge is 0.306 e. The molecule has 6 heteroatoms. The summed E-state index contributed by atoms with van der Waals surface area (Å²) in [5.74, 6) is -1.44. The number of amides is 2. The van der Waals surface area contributed by atoms with Crippen LogP contribution in [0, 0.1) is 0 Å². The van der Waals surface area contributed by atoms with Crippen molar-refractivity contribution < 1.29 is 19.1 Å². The molecule has 14 heavy (non-hydrogen) atoms. The molecule has 0 aliphatic carbocycles. The van der Waals surface area contributed by atoms with Crippen molar-refractivity contribution >= 4 is 17.8 Å². The molecule has 0 spiro atoms. The van der Waals surface area contributed by atoms with E-state index in [0.717, 1.165) is 0 Å². The van der Waals surface area contributed by atoms with Gasteiger partial charge in [-0.2, -0.15) is 0 Å². The van der Waals surface area contributed by atoms with Gasteiger partial charge in [-0.05, 0) is 6.92 Å². The second-order valence-corrected chi connectivity index (χ2v) is 2.55. The zero-order valence-corrected chi connectivity index (χ0v) is 8.04. The van der Waals surface area contributed by atoms with Crippen LogP contribution < -0.4 is 11.1 Å². The highest BCUT2D eigenvalue weighted by Crippen LogP contribution is 1.92. The molecule has 3 N–H and O–H groups in total. The summed E-state index contributed by atoms with van der Waals surface area (Å²) in [5.41, 5.74) is 4.80. The van der Waals surface area contributed by atoms with Crippen molar-refractivity contribution in [1.82, 2.24) is 5.32 Å². The van der Waals surface area contributed by atoms with E-state index in [4.69, 9.17) is 5.73 Å². The van der Waals surface area contributed by atoms with E-state index in [2.05, 4.69) is 10.1 Å².